The first kappa shape index (κ1) is 36.4. The second-order valence-electron chi connectivity index (χ2n) is 11.5. The molecule has 0 fully saturated rings. The van der Waals surface area contributed by atoms with Crippen LogP contribution < -0.4 is 26.6 Å². The van der Waals surface area contributed by atoms with E-state index in [1.54, 1.807) is 61.4 Å². The summed E-state index contributed by atoms with van der Waals surface area (Å²) in [6.07, 6.45) is 2.63. The highest BCUT2D eigenvalue weighted by Crippen LogP contribution is 2.30. The Bertz CT molecular complexity index is 2130. The zero-order chi connectivity index (χ0) is 37.4. The number of nitrogens with one attached hydrogen (secondary N) is 5. The molecular formula is C36H32F3N9O4. The predicted molar refractivity (Wildman–Crippen MR) is 188 cm³/mol. The third-order valence-electron chi connectivity index (χ3n) is 7.64. The number of carbonyl (C=O) groups is 4. The van der Waals surface area contributed by atoms with Crippen LogP contribution in [0.4, 0.5) is 41.9 Å². The number of benzene rings is 3. The summed E-state index contributed by atoms with van der Waals surface area (Å²) in [5.41, 5.74) is 1.81. The summed E-state index contributed by atoms with van der Waals surface area (Å²) in [6.45, 7) is 5.13. The van der Waals surface area contributed by atoms with Gasteiger partial charge in [0.15, 0.2) is 0 Å². The molecular weight excluding hydrogens is 679 g/mol. The molecule has 0 aliphatic heterocycles. The number of imidazole rings is 1. The second-order valence-corrected chi connectivity index (χ2v) is 11.5. The van der Waals surface area contributed by atoms with E-state index in [0.717, 1.165) is 30.0 Å². The minimum Gasteiger partial charge on any atom is -0.340 e. The monoisotopic (exact) mass is 711 g/mol. The number of hydrogen-bond acceptors (Lipinski definition) is 8. The molecule has 52 heavy (non-hydrogen) atoms. The average Bonchev–Trinajstić information content (AvgIpc) is 3.52. The molecule has 0 saturated heterocycles. The first-order chi connectivity index (χ1) is 24.8. The molecule has 266 valence electrons. The third kappa shape index (κ3) is 9.44. The molecule has 5 aromatic rings. The SMILES string of the molecule is C=CC(=O)NC(Cc1cncn1C)C(=O)Nc1cccc(Nc2ncc(NC(=O)c3cc(NC(=O)c4cccc(C(F)(F)F)c4)ccc3C)cn2)c1. The second kappa shape index (κ2) is 15.8. The van der Waals surface area contributed by atoms with Crippen LogP contribution in [-0.4, -0.2) is 49.2 Å². The predicted octanol–water partition coefficient (Wildman–Crippen LogP) is 5.64. The molecule has 0 spiro atoms. The minimum atomic E-state index is -4.60. The molecule has 0 aliphatic rings. The zero-order valence-corrected chi connectivity index (χ0v) is 27.8. The number of aromatic nitrogens is 4. The number of nitrogens with zero attached hydrogens (tertiary/aromatic N) is 4. The largest absolute Gasteiger partial charge is 0.416 e. The Morgan fingerprint density at radius 1 is 0.846 bits per heavy atom. The van der Waals surface area contributed by atoms with Crippen LogP contribution in [0.15, 0.2) is 104 Å². The lowest BCUT2D eigenvalue weighted by molar-refractivity contribution is -0.137. The Morgan fingerprint density at radius 3 is 2.23 bits per heavy atom. The van der Waals surface area contributed by atoms with Crippen molar-refractivity contribution in [1.82, 2.24) is 24.8 Å². The minimum absolute atomic E-state index is 0.185. The van der Waals surface area contributed by atoms with Crippen LogP contribution in [0.25, 0.3) is 0 Å². The van der Waals surface area contributed by atoms with E-state index in [2.05, 4.69) is 48.1 Å². The summed E-state index contributed by atoms with van der Waals surface area (Å²) < 4.78 is 41.0. The first-order valence-corrected chi connectivity index (χ1v) is 15.6. The van der Waals surface area contributed by atoms with Gasteiger partial charge in [0.2, 0.25) is 17.8 Å². The van der Waals surface area contributed by atoms with Gasteiger partial charge in [-0.2, -0.15) is 13.2 Å². The molecule has 1 atom stereocenters. The number of aryl methyl sites for hydroxylation is 2. The van der Waals surface area contributed by atoms with E-state index in [0.29, 0.717) is 16.9 Å². The summed E-state index contributed by atoms with van der Waals surface area (Å²) in [5.74, 6) is -2.08. The Labute approximate surface area is 295 Å². The maximum absolute atomic E-state index is 13.2. The van der Waals surface area contributed by atoms with E-state index >= 15 is 0 Å². The fourth-order valence-corrected chi connectivity index (χ4v) is 4.90. The van der Waals surface area contributed by atoms with Gasteiger partial charge in [0.05, 0.1) is 30.0 Å². The van der Waals surface area contributed by atoms with Gasteiger partial charge in [0.25, 0.3) is 11.8 Å². The van der Waals surface area contributed by atoms with Crippen molar-refractivity contribution in [3.63, 3.8) is 0 Å². The first-order valence-electron chi connectivity index (χ1n) is 15.6. The lowest BCUT2D eigenvalue weighted by Crippen LogP contribution is -2.45. The number of carbonyl (C=O) groups excluding carboxylic acids is 4. The number of hydrogen-bond donors (Lipinski definition) is 5. The molecule has 1 unspecified atom stereocenters. The number of rotatable bonds is 12. The van der Waals surface area contributed by atoms with Crippen LogP contribution in [0.2, 0.25) is 0 Å². The normalized spacial score (nSPS) is 11.6. The quantitative estimate of drug-likeness (QED) is 0.104. The zero-order valence-electron chi connectivity index (χ0n) is 27.8. The molecule has 2 heterocycles. The van der Waals surface area contributed by atoms with Crippen LogP contribution in [0, 0.1) is 6.92 Å². The number of anilines is 5. The highest BCUT2D eigenvalue weighted by atomic mass is 19.4. The summed E-state index contributed by atoms with van der Waals surface area (Å²) in [5, 5.41) is 13.7. The van der Waals surface area contributed by atoms with Gasteiger partial charge in [0, 0.05) is 53.5 Å². The van der Waals surface area contributed by atoms with Crippen LogP contribution in [0.1, 0.15) is 37.5 Å². The van der Waals surface area contributed by atoms with Crippen molar-refractivity contribution in [2.45, 2.75) is 25.6 Å². The summed E-state index contributed by atoms with van der Waals surface area (Å²) in [6, 6.07) is 14.4. The van der Waals surface area contributed by atoms with Gasteiger partial charge in [-0.15, -0.1) is 0 Å². The summed E-state index contributed by atoms with van der Waals surface area (Å²) >= 11 is 0. The molecule has 3 aromatic carbocycles. The molecule has 0 bridgehead atoms. The van der Waals surface area contributed by atoms with Crippen molar-refractivity contribution in [2.75, 3.05) is 21.3 Å². The van der Waals surface area contributed by atoms with Gasteiger partial charge >= 0.3 is 6.18 Å². The lowest BCUT2D eigenvalue weighted by Gasteiger charge is -2.18. The van der Waals surface area contributed by atoms with Gasteiger partial charge < -0.3 is 31.2 Å². The van der Waals surface area contributed by atoms with Crippen LogP contribution in [-0.2, 0) is 29.2 Å². The van der Waals surface area contributed by atoms with E-state index in [9.17, 15) is 32.3 Å². The van der Waals surface area contributed by atoms with E-state index < -0.39 is 41.4 Å². The van der Waals surface area contributed by atoms with E-state index in [1.807, 2.05) is 0 Å². The average molecular weight is 712 g/mol. The van der Waals surface area contributed by atoms with Gasteiger partial charge in [-0.05, 0) is 67.1 Å². The Hall–Kier alpha value is -6.84. The standard InChI is InChI=1S/C36H32F3N9O4/c1-4-31(49)47-30(16-28-19-40-20-48(28)3)34(52)44-24-9-6-10-25(14-24)46-35-41-17-27(18-42-35)45-33(51)29-15-26(12-11-21(29)2)43-32(50)22-7-5-8-23(13-22)36(37,38)39/h4-15,17-20,30H,1,16H2,2-3H3,(H,43,50)(H,44,52)(H,45,51)(H,47,49)(H,41,42,46). The maximum atomic E-state index is 13.2. The molecule has 5 rings (SSSR count). The Kier molecular flexibility index (Phi) is 11.1. The molecule has 4 amide bonds. The molecule has 5 N–H and O–H groups in total. The van der Waals surface area contributed by atoms with E-state index in [4.69, 9.17) is 0 Å². The topological polar surface area (TPSA) is 172 Å². The van der Waals surface area contributed by atoms with Gasteiger partial charge in [-0.3, -0.25) is 19.2 Å². The highest BCUT2D eigenvalue weighted by molar-refractivity contribution is 6.08. The molecule has 0 radical (unpaired) electrons. The highest BCUT2D eigenvalue weighted by Gasteiger charge is 2.31. The van der Waals surface area contributed by atoms with E-state index in [-0.39, 0.29) is 34.9 Å². The molecule has 2 aromatic heterocycles. The molecule has 16 heteroatoms. The van der Waals surface area contributed by atoms with Gasteiger partial charge in [0.1, 0.15) is 6.04 Å². The lowest BCUT2D eigenvalue weighted by atomic mass is 10.1. The van der Waals surface area contributed by atoms with Crippen molar-refractivity contribution in [1.29, 1.82) is 0 Å². The summed E-state index contributed by atoms with van der Waals surface area (Å²) in [4.78, 5) is 63.5. The number of alkyl halides is 3. The smallest absolute Gasteiger partial charge is 0.340 e. The molecule has 0 aliphatic carbocycles. The van der Waals surface area contributed by atoms with Crippen LogP contribution >= 0.6 is 0 Å². The Balaban J connectivity index is 1.20. The van der Waals surface area contributed by atoms with Crippen LogP contribution in [0.3, 0.4) is 0 Å². The van der Waals surface area contributed by atoms with Crippen LogP contribution in [0.5, 0.6) is 0 Å². The van der Waals surface area contributed by atoms with Crippen molar-refractivity contribution in [2.24, 2.45) is 7.05 Å². The van der Waals surface area contributed by atoms with Crippen molar-refractivity contribution >= 4 is 52.3 Å². The summed E-state index contributed by atoms with van der Waals surface area (Å²) in [7, 11) is 1.78. The van der Waals surface area contributed by atoms with Crippen molar-refractivity contribution in [3.8, 4) is 0 Å². The van der Waals surface area contributed by atoms with E-state index in [1.165, 1.54) is 30.6 Å². The van der Waals surface area contributed by atoms with Gasteiger partial charge in [-0.25, -0.2) is 15.0 Å². The molecule has 0 saturated carbocycles. The fraction of sp³-hybridized carbons (Fsp3) is 0.139. The third-order valence-corrected chi connectivity index (χ3v) is 7.64. The Morgan fingerprint density at radius 2 is 1.54 bits per heavy atom. The molecule has 13 nitrogen and oxygen atoms in total. The number of amides is 4. The van der Waals surface area contributed by atoms with Crippen molar-refractivity contribution < 1.29 is 32.3 Å². The maximum Gasteiger partial charge on any atom is 0.416 e. The van der Waals surface area contributed by atoms with Gasteiger partial charge in [-0.1, -0.05) is 24.8 Å². The fourth-order valence-electron chi connectivity index (χ4n) is 4.90. The van der Waals surface area contributed by atoms with Crippen molar-refractivity contribution in [3.05, 3.63) is 132 Å². The number of halogens is 3.